The fourth-order valence-corrected chi connectivity index (χ4v) is 4.62. The van der Waals surface area contributed by atoms with E-state index in [1.807, 2.05) is 36.4 Å². The predicted octanol–water partition coefficient (Wildman–Crippen LogP) is 3.14. The van der Waals surface area contributed by atoms with Crippen molar-refractivity contribution in [2.24, 2.45) is 0 Å². The van der Waals surface area contributed by atoms with E-state index in [4.69, 9.17) is 28.9 Å². The number of phenolic OH excluding ortho intramolecular Hbond substituents is 1. The molecular weight excluding hydrogens is 514 g/mol. The second kappa shape index (κ2) is 17.6. The number of ketones is 1. The van der Waals surface area contributed by atoms with Crippen molar-refractivity contribution in [3.05, 3.63) is 59.2 Å². The van der Waals surface area contributed by atoms with Crippen LogP contribution in [0.2, 0.25) is 0 Å². The molecular formula is C30H41N3O7. The number of nitriles is 1. The molecule has 0 amide bonds. The van der Waals surface area contributed by atoms with E-state index < -0.39 is 5.78 Å². The number of piperidine rings is 1. The molecule has 1 aliphatic rings. The van der Waals surface area contributed by atoms with Crippen molar-refractivity contribution < 1.29 is 33.6 Å². The van der Waals surface area contributed by atoms with Crippen LogP contribution in [0.4, 0.5) is 5.69 Å². The normalized spacial score (nSPS) is 18.8. The number of carbonyl (C=O) groups excluding carboxylic acids is 1. The third kappa shape index (κ3) is 10.2. The summed E-state index contributed by atoms with van der Waals surface area (Å²) in [7, 11) is 3.34. The van der Waals surface area contributed by atoms with Crippen molar-refractivity contribution in [2.45, 2.75) is 44.2 Å². The highest BCUT2D eigenvalue weighted by Crippen LogP contribution is 2.32. The van der Waals surface area contributed by atoms with Crippen molar-refractivity contribution in [1.29, 1.82) is 5.26 Å². The van der Waals surface area contributed by atoms with E-state index in [1.165, 1.54) is 0 Å². The third-order valence-corrected chi connectivity index (χ3v) is 6.68. The monoisotopic (exact) mass is 555 g/mol. The van der Waals surface area contributed by atoms with Gasteiger partial charge < -0.3 is 39.4 Å². The minimum atomic E-state index is -0.614. The van der Waals surface area contributed by atoms with Gasteiger partial charge in [-0.2, -0.15) is 5.26 Å². The molecule has 1 unspecified atom stereocenters. The Morgan fingerprint density at radius 1 is 0.975 bits per heavy atom. The zero-order chi connectivity index (χ0) is 28.6. The quantitative estimate of drug-likeness (QED) is 0.143. The van der Waals surface area contributed by atoms with Gasteiger partial charge in [-0.15, -0.1) is 0 Å². The van der Waals surface area contributed by atoms with Crippen molar-refractivity contribution in [1.82, 2.24) is 5.32 Å². The minimum Gasteiger partial charge on any atom is -0.506 e. The molecule has 218 valence electrons. The SMILES string of the molecule is COCCCNc1cc(CO[C@H]2CNC[C@@H](OCC(=O)C#N)C2c2ccc(COCCCOC)cc2)ccc1O. The Balaban J connectivity index is 1.69. The van der Waals surface area contributed by atoms with Gasteiger partial charge in [-0.3, -0.25) is 4.79 Å². The van der Waals surface area contributed by atoms with Crippen molar-refractivity contribution in [3.63, 3.8) is 0 Å². The van der Waals surface area contributed by atoms with Gasteiger partial charge in [0, 0.05) is 59.6 Å². The number of rotatable bonds is 18. The van der Waals surface area contributed by atoms with Gasteiger partial charge in [-0.05, 0) is 41.7 Å². The van der Waals surface area contributed by atoms with Crippen LogP contribution in [0, 0.1) is 11.3 Å². The van der Waals surface area contributed by atoms with Crippen LogP contribution in [0.3, 0.4) is 0 Å². The van der Waals surface area contributed by atoms with Crippen LogP contribution < -0.4 is 10.6 Å². The first-order valence-corrected chi connectivity index (χ1v) is 13.6. The van der Waals surface area contributed by atoms with Crippen molar-refractivity contribution in [2.75, 3.05) is 65.6 Å². The number of benzene rings is 2. The first-order valence-electron chi connectivity index (χ1n) is 13.6. The van der Waals surface area contributed by atoms with Gasteiger partial charge in [-0.1, -0.05) is 30.3 Å². The summed E-state index contributed by atoms with van der Waals surface area (Å²) in [5.74, 6) is -0.595. The Morgan fingerprint density at radius 2 is 1.68 bits per heavy atom. The summed E-state index contributed by atoms with van der Waals surface area (Å²) in [5.41, 5.74) is 3.63. The first kappa shape index (κ1) is 31.5. The highest BCUT2D eigenvalue weighted by atomic mass is 16.5. The highest BCUT2D eigenvalue weighted by molar-refractivity contribution is 5.94. The molecule has 1 aliphatic heterocycles. The van der Waals surface area contributed by atoms with Crippen LogP contribution in [-0.4, -0.2) is 83.4 Å². The van der Waals surface area contributed by atoms with Gasteiger partial charge in [-0.25, -0.2) is 0 Å². The molecule has 0 saturated carbocycles. The van der Waals surface area contributed by atoms with E-state index in [1.54, 1.807) is 26.4 Å². The molecule has 1 saturated heterocycles. The Labute approximate surface area is 236 Å². The van der Waals surface area contributed by atoms with Crippen LogP contribution in [-0.2, 0) is 41.7 Å². The number of hydrogen-bond acceptors (Lipinski definition) is 10. The van der Waals surface area contributed by atoms with Gasteiger partial charge in [0.05, 0.1) is 31.1 Å². The lowest BCUT2D eigenvalue weighted by Crippen LogP contribution is -2.51. The second-order valence-electron chi connectivity index (χ2n) is 9.68. The molecule has 0 bridgehead atoms. The number of nitrogens with one attached hydrogen (secondary N) is 2. The smallest absolute Gasteiger partial charge is 0.257 e. The van der Waals surface area contributed by atoms with Crippen molar-refractivity contribution in [3.8, 4) is 11.8 Å². The average Bonchev–Trinajstić information content (AvgIpc) is 2.98. The molecule has 3 N–H and O–H groups in total. The number of nitrogens with zero attached hydrogens (tertiary/aromatic N) is 1. The highest BCUT2D eigenvalue weighted by Gasteiger charge is 2.36. The summed E-state index contributed by atoms with van der Waals surface area (Å²) >= 11 is 0. The summed E-state index contributed by atoms with van der Waals surface area (Å²) in [4.78, 5) is 11.7. The molecule has 10 heteroatoms. The second-order valence-corrected chi connectivity index (χ2v) is 9.68. The van der Waals surface area contributed by atoms with Crippen molar-refractivity contribution >= 4 is 11.5 Å². The van der Waals surface area contributed by atoms with Gasteiger partial charge in [0.1, 0.15) is 18.4 Å². The third-order valence-electron chi connectivity index (χ3n) is 6.68. The number of phenols is 1. The zero-order valence-corrected chi connectivity index (χ0v) is 23.4. The lowest BCUT2D eigenvalue weighted by Gasteiger charge is -2.38. The largest absolute Gasteiger partial charge is 0.506 e. The predicted molar refractivity (Wildman–Crippen MR) is 150 cm³/mol. The van der Waals surface area contributed by atoms with Gasteiger partial charge in [0.25, 0.3) is 5.78 Å². The van der Waals surface area contributed by atoms with E-state index in [9.17, 15) is 9.90 Å². The van der Waals surface area contributed by atoms with Crippen LogP contribution >= 0.6 is 0 Å². The van der Waals surface area contributed by atoms with E-state index in [-0.39, 0.29) is 30.5 Å². The van der Waals surface area contributed by atoms with Crippen LogP contribution in [0.1, 0.15) is 35.4 Å². The Hall–Kier alpha value is -3.04. The number of ether oxygens (including phenoxy) is 5. The van der Waals surface area contributed by atoms with Crippen LogP contribution in [0.5, 0.6) is 5.75 Å². The maximum Gasteiger partial charge on any atom is 0.257 e. The molecule has 0 aromatic heterocycles. The lowest BCUT2D eigenvalue weighted by atomic mass is 9.85. The summed E-state index contributed by atoms with van der Waals surface area (Å²) < 4.78 is 28.2. The Kier molecular flexibility index (Phi) is 13.9. The number of carbonyl (C=O) groups is 1. The number of aromatic hydroxyl groups is 1. The summed E-state index contributed by atoms with van der Waals surface area (Å²) in [5, 5.41) is 25.7. The molecule has 2 aromatic rings. The van der Waals surface area contributed by atoms with E-state index in [0.29, 0.717) is 58.4 Å². The summed E-state index contributed by atoms with van der Waals surface area (Å²) in [6.07, 6.45) is 1.06. The Morgan fingerprint density at radius 3 is 2.40 bits per heavy atom. The number of Topliss-reactive ketones (excluding diaryl/α,β-unsaturated/α-hetero) is 1. The fraction of sp³-hybridized carbons (Fsp3) is 0.533. The molecule has 1 fully saturated rings. The standard InChI is InChI=1S/C30H41N3O7/c1-36-12-3-11-33-26-15-23(7-10-27(26)35)20-39-28-17-32-18-29(40-21-25(34)16-31)30(28)24-8-5-22(6-9-24)19-38-14-4-13-37-2/h5-10,15,28-30,32-33,35H,3-4,11-14,17-21H2,1-2H3/t28-,29+,30?/m0/s1. The molecule has 40 heavy (non-hydrogen) atoms. The number of methoxy groups -OCH3 is 2. The summed E-state index contributed by atoms with van der Waals surface area (Å²) in [6, 6.07) is 15.1. The van der Waals surface area contributed by atoms with Gasteiger partial charge in [0.15, 0.2) is 0 Å². The first-order chi connectivity index (χ1) is 19.5. The van der Waals surface area contributed by atoms with Gasteiger partial charge >= 0.3 is 0 Å². The maximum absolute atomic E-state index is 11.7. The lowest BCUT2D eigenvalue weighted by molar-refractivity contribution is -0.123. The fourth-order valence-electron chi connectivity index (χ4n) is 4.62. The molecule has 2 aromatic carbocycles. The topological polar surface area (TPSA) is 131 Å². The molecule has 10 nitrogen and oxygen atoms in total. The molecule has 0 spiro atoms. The molecule has 3 rings (SSSR count). The number of anilines is 1. The number of hydrogen-bond donors (Lipinski definition) is 3. The minimum absolute atomic E-state index is 0.159. The maximum atomic E-state index is 11.7. The molecule has 3 atom stereocenters. The van der Waals surface area contributed by atoms with Crippen LogP contribution in [0.25, 0.3) is 0 Å². The van der Waals surface area contributed by atoms with Gasteiger partial charge in [0.2, 0.25) is 0 Å². The molecule has 0 aliphatic carbocycles. The Bertz CT molecular complexity index is 1070. The van der Waals surface area contributed by atoms with E-state index >= 15 is 0 Å². The van der Waals surface area contributed by atoms with E-state index in [2.05, 4.69) is 10.6 Å². The average molecular weight is 556 g/mol. The van der Waals surface area contributed by atoms with Crippen LogP contribution in [0.15, 0.2) is 42.5 Å². The molecule has 0 radical (unpaired) electrons. The zero-order valence-electron chi connectivity index (χ0n) is 23.4. The molecule has 1 heterocycles. The van der Waals surface area contributed by atoms with E-state index in [0.717, 1.165) is 29.5 Å². The summed E-state index contributed by atoms with van der Waals surface area (Å²) in [6.45, 7) is 4.31.